The van der Waals surface area contributed by atoms with Gasteiger partial charge in [-0.2, -0.15) is 0 Å². The third-order valence-electron chi connectivity index (χ3n) is 4.57. The first-order valence-corrected chi connectivity index (χ1v) is 9.62. The van der Waals surface area contributed by atoms with Crippen molar-refractivity contribution in [3.63, 3.8) is 0 Å². The minimum atomic E-state index is -1.33. The molecule has 4 heteroatoms. The summed E-state index contributed by atoms with van der Waals surface area (Å²) in [6, 6.07) is 19.0. The quantitative estimate of drug-likeness (QED) is 0.533. The summed E-state index contributed by atoms with van der Waals surface area (Å²) in [7, 11) is 0. The molecule has 2 aromatic rings. The zero-order valence-electron chi connectivity index (χ0n) is 17.2. The number of ether oxygens (including phenoxy) is 1. The Morgan fingerprint density at radius 2 is 1.57 bits per heavy atom. The molecule has 0 heterocycles. The van der Waals surface area contributed by atoms with Gasteiger partial charge in [-0.25, -0.2) is 4.79 Å². The van der Waals surface area contributed by atoms with Gasteiger partial charge < -0.3 is 9.84 Å². The van der Waals surface area contributed by atoms with Gasteiger partial charge in [0.15, 0.2) is 6.10 Å². The fraction of sp³-hybridized carbons (Fsp3) is 0.375. The van der Waals surface area contributed by atoms with Gasteiger partial charge in [0.25, 0.3) is 0 Å². The molecule has 0 saturated heterocycles. The van der Waals surface area contributed by atoms with E-state index in [0.29, 0.717) is 6.54 Å². The molecule has 0 aliphatic heterocycles. The van der Waals surface area contributed by atoms with Crippen LogP contribution in [0.25, 0.3) is 0 Å². The number of rotatable bonds is 8. The Kier molecular flexibility index (Phi) is 7.55. The molecule has 3 atom stereocenters. The van der Waals surface area contributed by atoms with E-state index < -0.39 is 23.7 Å². The number of aliphatic hydroxyl groups is 1. The topological polar surface area (TPSA) is 49.8 Å². The van der Waals surface area contributed by atoms with Crippen LogP contribution in [0.15, 0.2) is 73.3 Å². The van der Waals surface area contributed by atoms with Crippen LogP contribution in [0.2, 0.25) is 0 Å². The Hall–Kier alpha value is -2.43. The van der Waals surface area contributed by atoms with Gasteiger partial charge in [0.2, 0.25) is 0 Å². The molecule has 28 heavy (non-hydrogen) atoms. The zero-order chi connectivity index (χ0) is 20.7. The van der Waals surface area contributed by atoms with Gasteiger partial charge in [0.1, 0.15) is 5.60 Å². The molecule has 0 aromatic heterocycles. The van der Waals surface area contributed by atoms with Crippen LogP contribution in [0.3, 0.4) is 0 Å². The van der Waals surface area contributed by atoms with Crippen LogP contribution in [0.1, 0.15) is 50.9 Å². The average Bonchev–Trinajstić information content (AvgIpc) is 2.67. The summed E-state index contributed by atoms with van der Waals surface area (Å²) < 4.78 is 5.47. The van der Waals surface area contributed by atoms with Crippen molar-refractivity contribution in [2.75, 3.05) is 6.54 Å². The maximum Gasteiger partial charge on any atom is 0.337 e. The highest BCUT2D eigenvalue weighted by molar-refractivity contribution is 5.76. The summed E-state index contributed by atoms with van der Waals surface area (Å²) in [5, 5.41) is 11.0. The molecule has 0 spiro atoms. The number of hydrogen-bond donors (Lipinski definition) is 1. The number of benzene rings is 2. The number of aliphatic hydroxyl groups excluding tert-OH is 1. The van der Waals surface area contributed by atoms with E-state index >= 15 is 0 Å². The summed E-state index contributed by atoms with van der Waals surface area (Å²) in [5.74, 6) is -0.629. The zero-order valence-corrected chi connectivity index (χ0v) is 17.2. The second kappa shape index (κ2) is 9.67. The molecule has 0 radical (unpaired) electrons. The predicted octanol–water partition coefficient (Wildman–Crippen LogP) is 4.68. The Balaban J connectivity index is 2.45. The van der Waals surface area contributed by atoms with Crippen molar-refractivity contribution in [2.45, 2.75) is 51.5 Å². The molecule has 0 aliphatic rings. The summed E-state index contributed by atoms with van der Waals surface area (Å²) in [4.78, 5) is 14.8. The molecule has 0 aliphatic carbocycles. The molecule has 2 rings (SSSR count). The van der Waals surface area contributed by atoms with Crippen molar-refractivity contribution in [3.8, 4) is 0 Å². The van der Waals surface area contributed by atoms with E-state index in [0.717, 1.165) is 11.1 Å². The highest BCUT2D eigenvalue weighted by Gasteiger charge is 2.37. The molecule has 0 fully saturated rings. The minimum Gasteiger partial charge on any atom is -0.458 e. The fourth-order valence-electron chi connectivity index (χ4n) is 3.28. The van der Waals surface area contributed by atoms with Crippen molar-refractivity contribution in [2.24, 2.45) is 0 Å². The molecule has 2 aromatic carbocycles. The van der Waals surface area contributed by atoms with Crippen molar-refractivity contribution in [1.82, 2.24) is 4.90 Å². The van der Waals surface area contributed by atoms with Crippen molar-refractivity contribution in [1.29, 1.82) is 0 Å². The van der Waals surface area contributed by atoms with E-state index in [2.05, 4.69) is 18.4 Å². The second-order valence-electron chi connectivity index (χ2n) is 7.91. The van der Waals surface area contributed by atoms with Gasteiger partial charge in [-0.15, -0.1) is 6.58 Å². The fourth-order valence-corrected chi connectivity index (χ4v) is 3.28. The smallest absolute Gasteiger partial charge is 0.337 e. The third kappa shape index (κ3) is 5.78. The van der Waals surface area contributed by atoms with Crippen LogP contribution in [0.5, 0.6) is 0 Å². The first-order chi connectivity index (χ1) is 13.2. The first kappa shape index (κ1) is 21.9. The van der Waals surface area contributed by atoms with Gasteiger partial charge in [0.05, 0.1) is 6.04 Å². The largest absolute Gasteiger partial charge is 0.458 e. The van der Waals surface area contributed by atoms with E-state index in [1.54, 1.807) is 26.8 Å². The Morgan fingerprint density at radius 1 is 1.07 bits per heavy atom. The van der Waals surface area contributed by atoms with Gasteiger partial charge in [-0.05, 0) is 38.8 Å². The van der Waals surface area contributed by atoms with Crippen LogP contribution in [-0.2, 0) is 9.53 Å². The average molecular weight is 382 g/mol. The Morgan fingerprint density at radius 3 is 2.04 bits per heavy atom. The SMILES string of the molecule is C=CCN(C(C)c1ccccc1)[C@@H](c1ccccc1)[C@H](O)C(=O)OC(C)(C)C. The number of hydrogen-bond acceptors (Lipinski definition) is 4. The van der Waals surface area contributed by atoms with Gasteiger partial charge in [0, 0.05) is 12.6 Å². The summed E-state index contributed by atoms with van der Waals surface area (Å²) in [6.45, 7) is 11.8. The molecule has 0 bridgehead atoms. The summed E-state index contributed by atoms with van der Waals surface area (Å²) in [5.41, 5.74) is 1.28. The number of carbonyl (C=O) groups is 1. The molecule has 1 N–H and O–H groups in total. The third-order valence-corrected chi connectivity index (χ3v) is 4.57. The standard InChI is InChI=1S/C24H31NO3/c1-6-17-25(18(2)19-13-9-7-10-14-19)21(20-15-11-8-12-16-20)22(26)23(27)28-24(3,4)5/h6-16,18,21-22,26H,1,17H2,2-5H3/t18?,21-,22-/m0/s1. The lowest BCUT2D eigenvalue weighted by atomic mass is 9.95. The molecular formula is C24H31NO3. The van der Waals surface area contributed by atoms with E-state index in [1.807, 2.05) is 60.7 Å². The van der Waals surface area contributed by atoms with Gasteiger partial charge >= 0.3 is 5.97 Å². The number of esters is 1. The van der Waals surface area contributed by atoms with Crippen molar-refractivity contribution in [3.05, 3.63) is 84.4 Å². The maximum absolute atomic E-state index is 12.7. The molecule has 1 unspecified atom stereocenters. The Bertz CT molecular complexity index is 752. The van der Waals surface area contributed by atoms with Gasteiger partial charge in [-0.3, -0.25) is 4.90 Å². The van der Waals surface area contributed by atoms with Crippen molar-refractivity contribution >= 4 is 5.97 Å². The lowest BCUT2D eigenvalue weighted by Crippen LogP contribution is -2.44. The highest BCUT2D eigenvalue weighted by atomic mass is 16.6. The predicted molar refractivity (Wildman–Crippen MR) is 113 cm³/mol. The maximum atomic E-state index is 12.7. The number of carbonyl (C=O) groups excluding carboxylic acids is 1. The lowest BCUT2D eigenvalue weighted by molar-refractivity contribution is -0.169. The van der Waals surface area contributed by atoms with Crippen molar-refractivity contribution < 1.29 is 14.6 Å². The summed E-state index contributed by atoms with van der Waals surface area (Å²) in [6.07, 6.45) is 0.463. The van der Waals surface area contributed by atoms with E-state index in [1.165, 1.54) is 0 Å². The van der Waals surface area contributed by atoms with E-state index in [4.69, 9.17) is 4.74 Å². The normalized spacial score (nSPS) is 14.9. The molecular weight excluding hydrogens is 350 g/mol. The van der Waals surface area contributed by atoms with E-state index in [-0.39, 0.29) is 6.04 Å². The minimum absolute atomic E-state index is 0.0403. The summed E-state index contributed by atoms with van der Waals surface area (Å²) >= 11 is 0. The highest BCUT2D eigenvalue weighted by Crippen LogP contribution is 2.33. The molecule has 0 amide bonds. The van der Waals surface area contributed by atoms with E-state index in [9.17, 15) is 9.90 Å². The lowest BCUT2D eigenvalue weighted by Gasteiger charge is -2.38. The molecule has 4 nitrogen and oxygen atoms in total. The van der Waals surface area contributed by atoms with Gasteiger partial charge in [-0.1, -0.05) is 66.7 Å². The number of nitrogens with zero attached hydrogens (tertiary/aromatic N) is 1. The monoisotopic (exact) mass is 381 g/mol. The van der Waals surface area contributed by atoms with Crippen LogP contribution < -0.4 is 0 Å². The van der Waals surface area contributed by atoms with Crippen LogP contribution in [0, 0.1) is 0 Å². The second-order valence-corrected chi connectivity index (χ2v) is 7.91. The Labute approximate surface area is 168 Å². The molecule has 0 saturated carbocycles. The van der Waals surface area contributed by atoms with Crippen LogP contribution >= 0.6 is 0 Å². The first-order valence-electron chi connectivity index (χ1n) is 9.62. The molecule has 150 valence electrons. The van der Waals surface area contributed by atoms with Crippen LogP contribution in [-0.4, -0.2) is 34.2 Å². The van der Waals surface area contributed by atoms with Crippen LogP contribution in [0.4, 0.5) is 0 Å².